The minimum absolute atomic E-state index is 0.221. The van der Waals surface area contributed by atoms with Gasteiger partial charge in [0.1, 0.15) is 11.9 Å². The molecule has 0 radical (unpaired) electrons. The number of carboxylic acid groups (broad SMARTS) is 1. The monoisotopic (exact) mass is 405 g/mol. The van der Waals surface area contributed by atoms with Crippen LogP contribution in [0.4, 0.5) is 0 Å². The quantitative estimate of drug-likeness (QED) is 0.500. The molecule has 3 aromatic rings. The van der Waals surface area contributed by atoms with Crippen molar-refractivity contribution in [3.63, 3.8) is 0 Å². The molecule has 0 aliphatic carbocycles. The fourth-order valence-electron chi connectivity index (χ4n) is 2.95. The molecule has 6 nitrogen and oxygen atoms in total. The zero-order valence-corrected chi connectivity index (χ0v) is 16.4. The molecule has 0 saturated carbocycles. The van der Waals surface area contributed by atoms with Gasteiger partial charge in [0.05, 0.1) is 0 Å². The van der Waals surface area contributed by atoms with Crippen LogP contribution in [0.3, 0.4) is 0 Å². The summed E-state index contributed by atoms with van der Waals surface area (Å²) in [5, 5.41) is 8.70. The highest BCUT2D eigenvalue weighted by molar-refractivity contribution is 5.75. The van der Waals surface area contributed by atoms with Gasteiger partial charge in [0, 0.05) is 6.42 Å². The van der Waals surface area contributed by atoms with Crippen LogP contribution in [0.5, 0.6) is 5.75 Å². The van der Waals surface area contributed by atoms with Gasteiger partial charge in [-0.15, -0.1) is 0 Å². The molecule has 0 fully saturated rings. The van der Waals surface area contributed by atoms with E-state index in [-0.39, 0.29) is 12.3 Å². The third-order valence-corrected chi connectivity index (χ3v) is 4.40. The van der Waals surface area contributed by atoms with Crippen molar-refractivity contribution >= 4 is 11.9 Å². The number of hydrogen-bond acceptors (Lipinski definition) is 4. The summed E-state index contributed by atoms with van der Waals surface area (Å²) >= 11 is 0. The highest BCUT2D eigenvalue weighted by Gasteiger charge is 2.16. The topological polar surface area (TPSA) is 84.9 Å². The van der Waals surface area contributed by atoms with Gasteiger partial charge in [-0.1, -0.05) is 72.8 Å². The van der Waals surface area contributed by atoms with Crippen molar-refractivity contribution in [1.29, 1.82) is 0 Å². The van der Waals surface area contributed by atoms with Crippen molar-refractivity contribution in [2.24, 2.45) is 0 Å². The fraction of sp³-hybridized carbons (Fsp3) is 0.167. The zero-order valence-electron chi connectivity index (χ0n) is 16.4. The van der Waals surface area contributed by atoms with Gasteiger partial charge in [-0.25, -0.2) is 10.3 Å². The number of aliphatic carboxylic acids is 1. The van der Waals surface area contributed by atoms with Gasteiger partial charge in [0.2, 0.25) is 5.91 Å². The van der Waals surface area contributed by atoms with Gasteiger partial charge >= 0.3 is 5.97 Å². The van der Waals surface area contributed by atoms with Crippen LogP contribution in [0.1, 0.15) is 29.2 Å². The molecule has 0 unspecified atom stereocenters. The molecule has 0 bridgehead atoms. The number of ether oxygens (including phenoxy) is 1. The van der Waals surface area contributed by atoms with E-state index in [9.17, 15) is 9.59 Å². The standard InChI is InChI=1S/C24H23NO5/c26-22(15-14-18-8-7-13-21(16-18)29-17-23(27)28)25-30-24(19-9-3-1-4-10-19)20-11-5-2-6-12-20/h1-13,16,24H,14-15,17H2,(H,25,26)(H,27,28). The highest BCUT2D eigenvalue weighted by atomic mass is 16.7. The van der Waals surface area contributed by atoms with Crippen LogP contribution in [-0.4, -0.2) is 23.6 Å². The summed E-state index contributed by atoms with van der Waals surface area (Å²) in [6.07, 6.45) is 0.281. The molecule has 30 heavy (non-hydrogen) atoms. The van der Waals surface area contributed by atoms with Crippen molar-refractivity contribution in [3.8, 4) is 5.75 Å². The highest BCUT2D eigenvalue weighted by Crippen LogP contribution is 2.24. The van der Waals surface area contributed by atoms with E-state index in [2.05, 4.69) is 5.48 Å². The average Bonchev–Trinajstić information content (AvgIpc) is 2.78. The summed E-state index contributed by atoms with van der Waals surface area (Å²) < 4.78 is 5.17. The van der Waals surface area contributed by atoms with Crippen LogP contribution in [0.2, 0.25) is 0 Å². The van der Waals surface area contributed by atoms with Crippen LogP contribution in [-0.2, 0) is 20.8 Å². The minimum Gasteiger partial charge on any atom is -0.482 e. The first kappa shape index (κ1) is 21.1. The molecule has 6 heteroatoms. The first-order valence-corrected chi connectivity index (χ1v) is 9.60. The van der Waals surface area contributed by atoms with E-state index in [0.717, 1.165) is 16.7 Å². The lowest BCUT2D eigenvalue weighted by atomic mass is 10.0. The second-order valence-electron chi connectivity index (χ2n) is 6.67. The van der Waals surface area contributed by atoms with E-state index < -0.39 is 18.7 Å². The maximum absolute atomic E-state index is 12.3. The van der Waals surface area contributed by atoms with Gasteiger partial charge in [-0.05, 0) is 35.2 Å². The van der Waals surface area contributed by atoms with Crippen molar-refractivity contribution in [1.82, 2.24) is 5.48 Å². The fourth-order valence-corrected chi connectivity index (χ4v) is 2.95. The summed E-state index contributed by atoms with van der Waals surface area (Å²) in [6, 6.07) is 26.4. The van der Waals surface area contributed by atoms with Gasteiger partial charge in [0.25, 0.3) is 0 Å². The molecule has 0 spiro atoms. The largest absolute Gasteiger partial charge is 0.482 e. The Morgan fingerprint density at radius 2 is 1.50 bits per heavy atom. The summed E-state index contributed by atoms with van der Waals surface area (Å²) in [7, 11) is 0. The van der Waals surface area contributed by atoms with Gasteiger partial charge < -0.3 is 9.84 Å². The zero-order chi connectivity index (χ0) is 21.2. The number of hydrogen-bond donors (Lipinski definition) is 2. The molecule has 154 valence electrons. The SMILES string of the molecule is O=C(O)COc1cccc(CCC(=O)NOC(c2ccccc2)c2ccccc2)c1. The summed E-state index contributed by atoms with van der Waals surface area (Å²) in [5.74, 6) is -0.827. The van der Waals surface area contributed by atoms with Crippen LogP contribution in [0.25, 0.3) is 0 Å². The normalized spacial score (nSPS) is 10.6. The van der Waals surface area contributed by atoms with Crippen LogP contribution in [0.15, 0.2) is 84.9 Å². The van der Waals surface area contributed by atoms with Crippen LogP contribution < -0.4 is 10.2 Å². The number of amides is 1. The van der Waals surface area contributed by atoms with Crippen molar-refractivity contribution in [2.45, 2.75) is 18.9 Å². The van der Waals surface area contributed by atoms with E-state index in [1.165, 1.54) is 0 Å². The van der Waals surface area contributed by atoms with Crippen LogP contribution in [0, 0.1) is 0 Å². The van der Waals surface area contributed by atoms with Gasteiger partial charge in [-0.3, -0.25) is 9.63 Å². The lowest BCUT2D eigenvalue weighted by Crippen LogP contribution is -2.26. The lowest BCUT2D eigenvalue weighted by molar-refractivity contribution is -0.139. The van der Waals surface area contributed by atoms with Gasteiger partial charge in [0.15, 0.2) is 6.61 Å². The Hall–Kier alpha value is -3.64. The Balaban J connectivity index is 1.56. The van der Waals surface area contributed by atoms with E-state index in [4.69, 9.17) is 14.7 Å². The Bertz CT molecular complexity index is 920. The molecule has 3 rings (SSSR count). The minimum atomic E-state index is -1.04. The third kappa shape index (κ3) is 6.46. The van der Waals surface area contributed by atoms with Gasteiger partial charge in [-0.2, -0.15) is 0 Å². The van der Waals surface area contributed by atoms with E-state index in [1.807, 2.05) is 66.7 Å². The molecule has 0 heterocycles. The average molecular weight is 405 g/mol. The molecule has 0 aliphatic heterocycles. The maximum atomic E-state index is 12.3. The molecular formula is C24H23NO5. The second-order valence-corrected chi connectivity index (χ2v) is 6.67. The molecule has 1 amide bonds. The van der Waals surface area contributed by atoms with Crippen LogP contribution >= 0.6 is 0 Å². The Kier molecular flexibility index (Phi) is 7.58. The first-order chi connectivity index (χ1) is 14.6. The number of carbonyl (C=O) groups is 2. The maximum Gasteiger partial charge on any atom is 0.341 e. The number of benzene rings is 3. The number of carboxylic acids is 1. The number of hydroxylamine groups is 1. The molecule has 3 aromatic carbocycles. The second kappa shape index (κ2) is 10.8. The number of rotatable bonds is 10. The Labute approximate surface area is 175 Å². The van der Waals surface area contributed by atoms with Crippen molar-refractivity contribution in [3.05, 3.63) is 102 Å². The molecular weight excluding hydrogens is 382 g/mol. The summed E-state index contributed by atoms with van der Waals surface area (Å²) in [6.45, 7) is -0.405. The molecule has 0 saturated heterocycles. The number of carbonyl (C=O) groups excluding carboxylic acids is 1. The third-order valence-electron chi connectivity index (χ3n) is 4.40. The number of aryl methyl sites for hydroxylation is 1. The Morgan fingerprint density at radius 3 is 2.10 bits per heavy atom. The van der Waals surface area contributed by atoms with E-state index >= 15 is 0 Å². The number of nitrogens with one attached hydrogen (secondary N) is 1. The van der Waals surface area contributed by atoms with E-state index in [1.54, 1.807) is 18.2 Å². The van der Waals surface area contributed by atoms with Crippen molar-refractivity contribution < 1.29 is 24.3 Å². The Morgan fingerprint density at radius 1 is 0.867 bits per heavy atom. The predicted octanol–water partition coefficient (Wildman–Crippen LogP) is 3.92. The molecule has 0 atom stereocenters. The first-order valence-electron chi connectivity index (χ1n) is 9.60. The predicted molar refractivity (Wildman–Crippen MR) is 112 cm³/mol. The summed E-state index contributed by atoms with van der Waals surface area (Å²) in [4.78, 5) is 28.7. The summed E-state index contributed by atoms with van der Waals surface area (Å²) in [5.41, 5.74) is 5.30. The smallest absolute Gasteiger partial charge is 0.341 e. The molecule has 0 aromatic heterocycles. The lowest BCUT2D eigenvalue weighted by Gasteiger charge is -2.18. The molecule has 2 N–H and O–H groups in total. The van der Waals surface area contributed by atoms with E-state index in [0.29, 0.717) is 12.2 Å². The molecule has 0 aliphatic rings. The van der Waals surface area contributed by atoms with Crippen molar-refractivity contribution in [2.75, 3.05) is 6.61 Å².